The molecule has 1 aliphatic rings. The van der Waals surface area contributed by atoms with E-state index in [-0.39, 0.29) is 18.3 Å². The zero-order valence-electron chi connectivity index (χ0n) is 12.2. The summed E-state index contributed by atoms with van der Waals surface area (Å²) in [5.41, 5.74) is 3.24. The maximum Gasteiger partial charge on any atom is 0.314 e. The van der Waals surface area contributed by atoms with Crippen LogP contribution in [-0.2, 0) is 26.2 Å². The number of hydrogen-bond donors (Lipinski definition) is 0. The fourth-order valence-corrected chi connectivity index (χ4v) is 1.99. The van der Waals surface area contributed by atoms with Crippen LogP contribution in [0.2, 0.25) is 0 Å². The highest BCUT2D eigenvalue weighted by Crippen LogP contribution is 2.25. The molecule has 1 saturated heterocycles. The summed E-state index contributed by atoms with van der Waals surface area (Å²) in [7, 11) is 0. The molecule has 0 aromatic heterocycles. The molecule has 1 aliphatic heterocycles. The molecule has 0 radical (unpaired) electrons. The Bertz CT molecular complexity index is 441. The second-order valence-electron chi connectivity index (χ2n) is 5.61. The van der Waals surface area contributed by atoms with Crippen LogP contribution in [0.4, 0.5) is 0 Å². The lowest BCUT2D eigenvalue weighted by atomic mass is 9.83. The van der Waals surface area contributed by atoms with E-state index >= 15 is 0 Å². The number of carbonyl (C=O) groups is 2. The molecular formula is C16H22O3. The number of aryl methyl sites for hydroxylation is 1. The first-order valence-electron chi connectivity index (χ1n) is 6.66. The first-order chi connectivity index (χ1) is 8.84. The second-order valence-corrected chi connectivity index (χ2v) is 5.61. The Morgan fingerprint density at radius 1 is 1.05 bits per heavy atom. The second kappa shape index (κ2) is 6.50. The molecule has 0 amide bonds. The Balaban J connectivity index is 0.000000218. The van der Waals surface area contributed by atoms with Gasteiger partial charge < -0.3 is 4.74 Å². The van der Waals surface area contributed by atoms with E-state index in [0.717, 1.165) is 6.42 Å². The average Bonchev–Trinajstić information content (AvgIpc) is 2.73. The molecule has 0 unspecified atom stereocenters. The van der Waals surface area contributed by atoms with Gasteiger partial charge in [-0.3, -0.25) is 9.59 Å². The highest BCUT2D eigenvalue weighted by atomic mass is 16.6. The molecule has 3 heteroatoms. The number of hydrogen-bond acceptors (Lipinski definition) is 3. The molecule has 0 bridgehead atoms. The highest BCUT2D eigenvalue weighted by Gasteiger charge is 2.19. The summed E-state index contributed by atoms with van der Waals surface area (Å²) in [5, 5.41) is 0. The fraction of sp³-hybridized carbons (Fsp3) is 0.500. The van der Waals surface area contributed by atoms with Gasteiger partial charge in [0, 0.05) is 0 Å². The smallest absolute Gasteiger partial charge is 0.314 e. The van der Waals surface area contributed by atoms with Crippen LogP contribution in [0.3, 0.4) is 0 Å². The molecule has 1 aromatic rings. The van der Waals surface area contributed by atoms with E-state index in [1.807, 2.05) is 0 Å². The van der Waals surface area contributed by atoms with Crippen molar-refractivity contribution < 1.29 is 14.3 Å². The van der Waals surface area contributed by atoms with Crippen LogP contribution in [0.25, 0.3) is 0 Å². The van der Waals surface area contributed by atoms with Gasteiger partial charge in [0.1, 0.15) is 0 Å². The van der Waals surface area contributed by atoms with Gasteiger partial charge in [-0.2, -0.15) is 0 Å². The first-order valence-corrected chi connectivity index (χ1v) is 6.66. The van der Waals surface area contributed by atoms with Gasteiger partial charge >= 0.3 is 11.9 Å². The van der Waals surface area contributed by atoms with E-state index in [4.69, 9.17) is 0 Å². The van der Waals surface area contributed by atoms with Gasteiger partial charge in [0.25, 0.3) is 0 Å². The Hall–Kier alpha value is -1.64. The molecule has 1 aromatic carbocycles. The molecule has 3 nitrogen and oxygen atoms in total. The number of benzene rings is 1. The zero-order chi connectivity index (χ0) is 14.5. The normalized spacial score (nSPS) is 14.7. The first kappa shape index (κ1) is 15.4. The van der Waals surface area contributed by atoms with Crippen LogP contribution in [-0.4, -0.2) is 11.9 Å². The Kier molecular flexibility index (Phi) is 5.28. The lowest BCUT2D eigenvalue weighted by Gasteiger charge is -2.22. The van der Waals surface area contributed by atoms with Crippen LogP contribution in [0, 0.1) is 0 Å². The van der Waals surface area contributed by atoms with Crippen LogP contribution < -0.4 is 0 Å². The van der Waals surface area contributed by atoms with Crippen molar-refractivity contribution in [3.63, 3.8) is 0 Å². The van der Waals surface area contributed by atoms with Crippen LogP contribution in [0.1, 0.15) is 51.7 Å². The minimum atomic E-state index is -0.398. The summed E-state index contributed by atoms with van der Waals surface area (Å²) in [5.74, 6) is -0.796. The Morgan fingerprint density at radius 2 is 1.58 bits per heavy atom. The third kappa shape index (κ3) is 4.86. The van der Waals surface area contributed by atoms with Crippen molar-refractivity contribution in [2.24, 2.45) is 0 Å². The van der Waals surface area contributed by atoms with E-state index in [1.165, 1.54) is 11.1 Å². The van der Waals surface area contributed by atoms with Crippen molar-refractivity contribution in [3.05, 3.63) is 35.4 Å². The molecule has 0 aliphatic carbocycles. The molecule has 104 valence electrons. The van der Waals surface area contributed by atoms with Gasteiger partial charge in [-0.05, 0) is 23.0 Å². The Morgan fingerprint density at radius 3 is 1.89 bits per heavy atom. The van der Waals surface area contributed by atoms with Crippen molar-refractivity contribution in [1.82, 2.24) is 0 Å². The summed E-state index contributed by atoms with van der Waals surface area (Å²) < 4.78 is 4.08. The molecule has 0 atom stereocenters. The predicted octanol–water partition coefficient (Wildman–Crippen LogP) is 3.40. The predicted molar refractivity (Wildman–Crippen MR) is 74.9 cm³/mol. The quantitative estimate of drug-likeness (QED) is 0.575. The van der Waals surface area contributed by atoms with Crippen molar-refractivity contribution >= 4 is 11.9 Å². The standard InChI is InChI=1S/C12H18.C4H4O3/c1-5-10-8-6-7-9-11(10)12(2,3)4;5-3-1-2-4(6)7-3/h6-9H,5H2,1-4H3;1-2H2. The van der Waals surface area contributed by atoms with Crippen LogP contribution in [0.15, 0.2) is 24.3 Å². The largest absolute Gasteiger partial charge is 0.393 e. The maximum absolute atomic E-state index is 10.0. The fourth-order valence-electron chi connectivity index (χ4n) is 1.99. The van der Waals surface area contributed by atoms with Gasteiger partial charge in [0.15, 0.2) is 0 Å². The molecule has 0 spiro atoms. The van der Waals surface area contributed by atoms with E-state index in [9.17, 15) is 9.59 Å². The summed E-state index contributed by atoms with van der Waals surface area (Å²) >= 11 is 0. The lowest BCUT2D eigenvalue weighted by Crippen LogP contribution is -2.13. The molecule has 1 fully saturated rings. The number of esters is 2. The molecule has 0 N–H and O–H groups in total. The van der Waals surface area contributed by atoms with Crippen molar-refractivity contribution in [2.75, 3.05) is 0 Å². The minimum Gasteiger partial charge on any atom is -0.393 e. The third-order valence-corrected chi connectivity index (χ3v) is 2.97. The molecular weight excluding hydrogens is 240 g/mol. The van der Waals surface area contributed by atoms with E-state index in [0.29, 0.717) is 0 Å². The molecule has 2 rings (SSSR count). The summed E-state index contributed by atoms with van der Waals surface area (Å²) in [4.78, 5) is 20.0. The van der Waals surface area contributed by atoms with Gasteiger partial charge in [0.05, 0.1) is 12.8 Å². The SMILES string of the molecule is CCc1ccccc1C(C)(C)C.O=C1CCC(=O)O1. The lowest BCUT2D eigenvalue weighted by molar-refractivity contribution is -0.151. The van der Waals surface area contributed by atoms with Crippen LogP contribution >= 0.6 is 0 Å². The molecule has 0 saturated carbocycles. The van der Waals surface area contributed by atoms with Crippen LogP contribution in [0.5, 0.6) is 0 Å². The molecule has 19 heavy (non-hydrogen) atoms. The maximum atomic E-state index is 10.0. The summed E-state index contributed by atoms with van der Waals surface area (Å²) in [6.45, 7) is 9.01. The minimum absolute atomic E-state index is 0.263. The van der Waals surface area contributed by atoms with E-state index in [1.54, 1.807) is 0 Å². The van der Waals surface area contributed by atoms with Gasteiger partial charge in [-0.15, -0.1) is 0 Å². The van der Waals surface area contributed by atoms with Gasteiger partial charge in [-0.25, -0.2) is 0 Å². The number of cyclic esters (lactones) is 2. The van der Waals surface area contributed by atoms with Crippen molar-refractivity contribution in [3.8, 4) is 0 Å². The monoisotopic (exact) mass is 262 g/mol. The highest BCUT2D eigenvalue weighted by molar-refractivity contribution is 5.92. The summed E-state index contributed by atoms with van der Waals surface area (Å²) in [6, 6.07) is 8.70. The number of rotatable bonds is 1. The van der Waals surface area contributed by atoms with E-state index in [2.05, 4.69) is 56.7 Å². The topological polar surface area (TPSA) is 43.4 Å². The average molecular weight is 262 g/mol. The number of ether oxygens (including phenoxy) is 1. The Labute approximate surface area is 115 Å². The van der Waals surface area contributed by atoms with Crippen molar-refractivity contribution in [2.45, 2.75) is 52.4 Å². The third-order valence-electron chi connectivity index (χ3n) is 2.97. The summed E-state index contributed by atoms with van der Waals surface area (Å²) in [6.07, 6.45) is 1.66. The van der Waals surface area contributed by atoms with Gasteiger partial charge in [-0.1, -0.05) is 52.0 Å². The number of carbonyl (C=O) groups excluding carboxylic acids is 2. The molecule has 1 heterocycles. The van der Waals surface area contributed by atoms with Crippen molar-refractivity contribution in [1.29, 1.82) is 0 Å². The van der Waals surface area contributed by atoms with E-state index < -0.39 is 11.9 Å². The zero-order valence-corrected chi connectivity index (χ0v) is 12.2. The van der Waals surface area contributed by atoms with Gasteiger partial charge in [0.2, 0.25) is 0 Å².